The van der Waals surface area contributed by atoms with Crippen molar-refractivity contribution in [1.82, 2.24) is 0 Å². The summed E-state index contributed by atoms with van der Waals surface area (Å²) in [4.78, 5) is 10.7. The molecule has 1 amide bonds. The summed E-state index contributed by atoms with van der Waals surface area (Å²) in [6.07, 6.45) is -2.98. The molecule has 0 atom stereocenters. The van der Waals surface area contributed by atoms with E-state index in [0.717, 1.165) is 0 Å². The minimum absolute atomic E-state index is 0.000924. The molecule has 1 N–H and O–H groups in total. The molecular formula is C11H11F2NO2. The molecule has 0 aromatic heterocycles. The van der Waals surface area contributed by atoms with Gasteiger partial charge in [0, 0.05) is 18.7 Å². The standard InChI is InChI=1S/C11H11F2NO2/c1-3-11(12,13)16-10-6-4-9(5-7-10)14-8(2)15/h3-7H,1H2,2H3,(H,14,15). The van der Waals surface area contributed by atoms with Crippen molar-refractivity contribution in [2.45, 2.75) is 13.0 Å². The number of rotatable bonds is 4. The van der Waals surface area contributed by atoms with Crippen LogP contribution in [-0.4, -0.2) is 12.0 Å². The molecule has 3 nitrogen and oxygen atoms in total. The van der Waals surface area contributed by atoms with Gasteiger partial charge in [-0.15, -0.1) is 0 Å². The van der Waals surface area contributed by atoms with E-state index in [2.05, 4.69) is 16.6 Å². The van der Waals surface area contributed by atoms with Gasteiger partial charge < -0.3 is 10.1 Å². The molecule has 5 heteroatoms. The number of hydrogen-bond acceptors (Lipinski definition) is 2. The molecule has 0 radical (unpaired) electrons. The number of carbonyl (C=O) groups excluding carboxylic acids is 1. The Hall–Kier alpha value is -1.91. The highest BCUT2D eigenvalue weighted by Gasteiger charge is 2.26. The Labute approximate surface area is 91.7 Å². The minimum atomic E-state index is -3.39. The molecule has 0 saturated carbocycles. The number of amides is 1. The highest BCUT2D eigenvalue weighted by molar-refractivity contribution is 5.88. The third kappa shape index (κ3) is 3.68. The van der Waals surface area contributed by atoms with E-state index >= 15 is 0 Å². The maximum atomic E-state index is 12.7. The third-order valence-corrected chi connectivity index (χ3v) is 1.67. The van der Waals surface area contributed by atoms with Crippen LogP contribution in [0.3, 0.4) is 0 Å². The monoisotopic (exact) mass is 227 g/mol. The fourth-order valence-electron chi connectivity index (χ4n) is 1.01. The molecule has 1 aromatic rings. The fraction of sp³-hybridized carbons (Fsp3) is 0.182. The second-order valence-corrected chi connectivity index (χ2v) is 3.07. The van der Waals surface area contributed by atoms with Crippen LogP contribution in [0.5, 0.6) is 5.75 Å². The molecular weight excluding hydrogens is 216 g/mol. The molecule has 0 aliphatic rings. The Morgan fingerprint density at radius 1 is 1.44 bits per heavy atom. The Bertz CT molecular complexity index is 387. The van der Waals surface area contributed by atoms with E-state index in [4.69, 9.17) is 0 Å². The number of anilines is 1. The van der Waals surface area contributed by atoms with E-state index in [-0.39, 0.29) is 11.7 Å². The van der Waals surface area contributed by atoms with Crippen LogP contribution in [0.1, 0.15) is 6.92 Å². The summed E-state index contributed by atoms with van der Waals surface area (Å²) in [5.41, 5.74) is 0.516. The van der Waals surface area contributed by atoms with Crippen molar-refractivity contribution >= 4 is 11.6 Å². The van der Waals surface area contributed by atoms with Crippen LogP contribution in [0.2, 0.25) is 0 Å². The summed E-state index contributed by atoms with van der Waals surface area (Å²) in [7, 11) is 0. The molecule has 0 fully saturated rings. The zero-order valence-corrected chi connectivity index (χ0v) is 8.67. The second-order valence-electron chi connectivity index (χ2n) is 3.07. The Morgan fingerprint density at radius 2 is 2.00 bits per heavy atom. The summed E-state index contributed by atoms with van der Waals surface area (Å²) < 4.78 is 29.8. The molecule has 0 unspecified atom stereocenters. The lowest BCUT2D eigenvalue weighted by atomic mass is 10.3. The molecule has 86 valence electrons. The fourth-order valence-corrected chi connectivity index (χ4v) is 1.01. The van der Waals surface area contributed by atoms with Gasteiger partial charge in [0.1, 0.15) is 5.75 Å². The molecule has 0 aliphatic heterocycles. The number of hydrogen-bond donors (Lipinski definition) is 1. The quantitative estimate of drug-likeness (QED) is 0.803. The van der Waals surface area contributed by atoms with Crippen molar-refractivity contribution in [2.24, 2.45) is 0 Å². The second kappa shape index (κ2) is 4.74. The molecule has 0 spiro atoms. The molecule has 0 heterocycles. The van der Waals surface area contributed by atoms with Crippen molar-refractivity contribution in [1.29, 1.82) is 0 Å². The van der Waals surface area contributed by atoms with Crippen molar-refractivity contribution in [2.75, 3.05) is 5.32 Å². The smallest absolute Gasteiger partial charge is 0.419 e. The number of halogens is 2. The van der Waals surface area contributed by atoms with Gasteiger partial charge in [0.15, 0.2) is 0 Å². The van der Waals surface area contributed by atoms with Crippen molar-refractivity contribution in [3.63, 3.8) is 0 Å². The molecule has 1 rings (SSSR count). The topological polar surface area (TPSA) is 38.3 Å². The lowest BCUT2D eigenvalue weighted by Gasteiger charge is -2.13. The maximum absolute atomic E-state index is 12.7. The zero-order valence-electron chi connectivity index (χ0n) is 8.67. The molecule has 16 heavy (non-hydrogen) atoms. The average molecular weight is 227 g/mol. The van der Waals surface area contributed by atoms with Gasteiger partial charge in [-0.3, -0.25) is 4.79 Å². The first-order valence-electron chi connectivity index (χ1n) is 4.51. The lowest BCUT2D eigenvalue weighted by molar-refractivity contribution is -0.131. The number of benzene rings is 1. The van der Waals surface area contributed by atoms with E-state index in [9.17, 15) is 13.6 Å². The van der Waals surface area contributed by atoms with Crippen LogP contribution in [0.4, 0.5) is 14.5 Å². The van der Waals surface area contributed by atoms with E-state index < -0.39 is 6.11 Å². The average Bonchev–Trinajstić information content (AvgIpc) is 2.20. The van der Waals surface area contributed by atoms with Crippen molar-refractivity contribution in [3.05, 3.63) is 36.9 Å². The summed E-state index contributed by atoms with van der Waals surface area (Å²) in [6.45, 7) is 4.31. The molecule has 1 aromatic carbocycles. The number of nitrogens with one attached hydrogen (secondary N) is 1. The number of carbonyl (C=O) groups is 1. The van der Waals surface area contributed by atoms with Gasteiger partial charge in [-0.05, 0) is 24.3 Å². The van der Waals surface area contributed by atoms with Crippen LogP contribution in [0.25, 0.3) is 0 Å². The van der Waals surface area contributed by atoms with E-state index in [1.165, 1.54) is 31.2 Å². The first-order valence-corrected chi connectivity index (χ1v) is 4.51. The number of alkyl halides is 2. The SMILES string of the molecule is C=CC(F)(F)Oc1ccc(NC(C)=O)cc1. The summed E-state index contributed by atoms with van der Waals surface area (Å²) >= 11 is 0. The predicted molar refractivity (Wildman–Crippen MR) is 56.5 cm³/mol. The van der Waals surface area contributed by atoms with E-state index in [0.29, 0.717) is 11.8 Å². The Morgan fingerprint density at radius 3 is 2.44 bits per heavy atom. The lowest BCUT2D eigenvalue weighted by Crippen LogP contribution is -2.20. The first kappa shape index (κ1) is 12.2. The van der Waals surface area contributed by atoms with Crippen LogP contribution >= 0.6 is 0 Å². The van der Waals surface area contributed by atoms with Crippen LogP contribution in [0.15, 0.2) is 36.9 Å². The van der Waals surface area contributed by atoms with Gasteiger partial charge in [0.05, 0.1) is 0 Å². The van der Waals surface area contributed by atoms with Gasteiger partial charge in [-0.25, -0.2) is 0 Å². The van der Waals surface area contributed by atoms with Crippen LogP contribution < -0.4 is 10.1 Å². The van der Waals surface area contributed by atoms with Gasteiger partial charge in [-0.1, -0.05) is 6.58 Å². The van der Waals surface area contributed by atoms with E-state index in [1.54, 1.807) is 0 Å². The van der Waals surface area contributed by atoms with Crippen molar-refractivity contribution < 1.29 is 18.3 Å². The normalized spacial score (nSPS) is 10.7. The largest absolute Gasteiger partial charge is 0.429 e. The highest BCUT2D eigenvalue weighted by atomic mass is 19.3. The molecule has 0 aliphatic carbocycles. The zero-order chi connectivity index (χ0) is 12.2. The Balaban J connectivity index is 2.71. The summed E-state index contributed by atoms with van der Waals surface area (Å²) in [5.74, 6) is -0.232. The van der Waals surface area contributed by atoms with Gasteiger partial charge in [-0.2, -0.15) is 8.78 Å². The molecule has 0 saturated heterocycles. The maximum Gasteiger partial charge on any atom is 0.419 e. The van der Waals surface area contributed by atoms with E-state index in [1.807, 2.05) is 0 Å². The van der Waals surface area contributed by atoms with Crippen LogP contribution in [0, 0.1) is 0 Å². The van der Waals surface area contributed by atoms with Crippen molar-refractivity contribution in [3.8, 4) is 5.75 Å². The van der Waals surface area contributed by atoms with Gasteiger partial charge in [0.2, 0.25) is 5.91 Å². The third-order valence-electron chi connectivity index (χ3n) is 1.67. The Kier molecular flexibility index (Phi) is 3.60. The predicted octanol–water partition coefficient (Wildman–Crippen LogP) is 2.80. The summed E-state index contributed by atoms with van der Waals surface area (Å²) in [6, 6.07) is 5.61. The molecule has 0 bridgehead atoms. The van der Waals surface area contributed by atoms with Gasteiger partial charge >= 0.3 is 6.11 Å². The van der Waals surface area contributed by atoms with Crippen LogP contribution in [-0.2, 0) is 4.79 Å². The number of ether oxygens (including phenoxy) is 1. The highest BCUT2D eigenvalue weighted by Crippen LogP contribution is 2.23. The summed E-state index contributed by atoms with van der Waals surface area (Å²) in [5, 5.41) is 2.51. The first-order chi connectivity index (χ1) is 7.43. The van der Waals surface area contributed by atoms with Gasteiger partial charge in [0.25, 0.3) is 0 Å². The minimum Gasteiger partial charge on any atom is -0.429 e.